The van der Waals surface area contributed by atoms with Gasteiger partial charge in [0.1, 0.15) is 5.65 Å². The van der Waals surface area contributed by atoms with Crippen molar-refractivity contribution in [3.05, 3.63) is 54.4 Å². The second-order valence-electron chi connectivity index (χ2n) is 4.64. The van der Waals surface area contributed by atoms with E-state index in [1.54, 1.807) is 0 Å². The van der Waals surface area contributed by atoms with Crippen molar-refractivity contribution in [2.45, 2.75) is 19.4 Å². The molecule has 0 aliphatic heterocycles. The van der Waals surface area contributed by atoms with Gasteiger partial charge in [0.2, 0.25) is 0 Å². The van der Waals surface area contributed by atoms with Gasteiger partial charge in [-0.25, -0.2) is 4.98 Å². The maximum absolute atomic E-state index is 9.81. The molecular weight excluding hydrogens is 236 g/mol. The summed E-state index contributed by atoms with van der Waals surface area (Å²) in [6, 6.07) is 12.1. The van der Waals surface area contributed by atoms with Gasteiger partial charge in [0, 0.05) is 17.8 Å². The summed E-state index contributed by atoms with van der Waals surface area (Å²) in [5.74, 6) is 0. The van der Waals surface area contributed by atoms with E-state index in [0.717, 1.165) is 34.1 Å². The molecule has 1 aromatic carbocycles. The zero-order valence-corrected chi connectivity index (χ0v) is 10.8. The Morgan fingerprint density at radius 3 is 2.68 bits per heavy atom. The van der Waals surface area contributed by atoms with Gasteiger partial charge in [0.25, 0.3) is 0 Å². The number of aliphatic hydroxyl groups is 1. The molecule has 0 saturated heterocycles. The molecule has 3 rings (SSSR count). The molecule has 3 nitrogen and oxygen atoms in total. The highest BCUT2D eigenvalue weighted by Gasteiger charge is 2.07. The van der Waals surface area contributed by atoms with E-state index in [-0.39, 0.29) is 6.10 Å². The summed E-state index contributed by atoms with van der Waals surface area (Å²) in [6.07, 6.45) is 4.06. The predicted octanol–water partition coefficient (Wildman–Crippen LogP) is 3.67. The number of nitrogens with zero attached hydrogens (tertiary/aromatic N) is 1. The molecule has 0 aliphatic carbocycles. The van der Waals surface area contributed by atoms with Gasteiger partial charge in [0.15, 0.2) is 0 Å². The van der Waals surface area contributed by atoms with Crippen molar-refractivity contribution in [1.29, 1.82) is 0 Å². The Morgan fingerprint density at radius 1 is 1.16 bits per heavy atom. The highest BCUT2D eigenvalue weighted by molar-refractivity contribution is 5.92. The summed E-state index contributed by atoms with van der Waals surface area (Å²) in [5, 5.41) is 10.9. The molecule has 19 heavy (non-hydrogen) atoms. The number of fused-ring (bicyclic) bond motifs is 1. The van der Waals surface area contributed by atoms with Crippen LogP contribution in [0.15, 0.2) is 48.8 Å². The number of aromatic nitrogens is 2. The van der Waals surface area contributed by atoms with Gasteiger partial charge >= 0.3 is 0 Å². The van der Waals surface area contributed by atoms with Gasteiger partial charge in [-0.05, 0) is 35.2 Å². The molecule has 3 heteroatoms. The molecule has 0 radical (unpaired) electrons. The number of hydrogen-bond donors (Lipinski definition) is 2. The summed E-state index contributed by atoms with van der Waals surface area (Å²) in [5.41, 5.74) is 4.16. The highest BCUT2D eigenvalue weighted by Crippen LogP contribution is 2.28. The Balaban J connectivity index is 2.05. The first-order valence-corrected chi connectivity index (χ1v) is 6.50. The zero-order chi connectivity index (χ0) is 13.2. The number of benzene rings is 1. The number of hydrogen-bond acceptors (Lipinski definition) is 2. The third kappa shape index (κ3) is 2.13. The standard InChI is InChI=1S/C16H16N2O/c1-2-15(19)12-5-3-11(4-6-12)13-7-9-17-16-14(13)8-10-18-16/h3-10,15,19H,2H2,1H3,(H,17,18)/t15-/m1/s1. The third-order valence-corrected chi connectivity index (χ3v) is 3.45. The van der Waals surface area contributed by atoms with Gasteiger partial charge in [-0.1, -0.05) is 31.2 Å². The van der Waals surface area contributed by atoms with Crippen molar-refractivity contribution in [1.82, 2.24) is 9.97 Å². The number of pyridine rings is 1. The Kier molecular flexibility index (Phi) is 3.05. The van der Waals surface area contributed by atoms with Crippen molar-refractivity contribution in [2.75, 3.05) is 0 Å². The van der Waals surface area contributed by atoms with E-state index >= 15 is 0 Å². The lowest BCUT2D eigenvalue weighted by Crippen LogP contribution is -1.94. The lowest BCUT2D eigenvalue weighted by molar-refractivity contribution is 0.173. The fourth-order valence-electron chi connectivity index (χ4n) is 2.33. The molecular formula is C16H16N2O. The van der Waals surface area contributed by atoms with Crippen LogP contribution in [0.3, 0.4) is 0 Å². The van der Waals surface area contributed by atoms with Crippen molar-refractivity contribution in [3.63, 3.8) is 0 Å². The molecule has 0 spiro atoms. The normalized spacial score (nSPS) is 12.7. The van der Waals surface area contributed by atoms with Crippen LogP contribution >= 0.6 is 0 Å². The molecule has 0 unspecified atom stereocenters. The molecule has 3 aromatic rings. The van der Waals surface area contributed by atoms with Gasteiger partial charge in [0.05, 0.1) is 6.10 Å². The molecule has 0 aliphatic rings. The lowest BCUT2D eigenvalue weighted by Gasteiger charge is -2.09. The Morgan fingerprint density at radius 2 is 1.95 bits per heavy atom. The first-order valence-electron chi connectivity index (χ1n) is 6.50. The zero-order valence-electron chi connectivity index (χ0n) is 10.8. The molecule has 2 N–H and O–H groups in total. The summed E-state index contributed by atoms with van der Waals surface area (Å²) in [4.78, 5) is 7.41. The monoisotopic (exact) mass is 252 g/mol. The average Bonchev–Trinajstić information content (AvgIpc) is 2.95. The second-order valence-corrected chi connectivity index (χ2v) is 4.64. The number of H-pyrrole nitrogens is 1. The van der Waals surface area contributed by atoms with Crippen LogP contribution in [-0.4, -0.2) is 15.1 Å². The van der Waals surface area contributed by atoms with E-state index in [9.17, 15) is 5.11 Å². The molecule has 0 saturated carbocycles. The van der Waals surface area contributed by atoms with Gasteiger partial charge in [-0.15, -0.1) is 0 Å². The smallest absolute Gasteiger partial charge is 0.137 e. The summed E-state index contributed by atoms with van der Waals surface area (Å²) >= 11 is 0. The van der Waals surface area contributed by atoms with Crippen LogP contribution in [0.2, 0.25) is 0 Å². The number of aromatic amines is 1. The fourth-order valence-corrected chi connectivity index (χ4v) is 2.33. The first kappa shape index (κ1) is 11.9. The largest absolute Gasteiger partial charge is 0.388 e. The van der Waals surface area contributed by atoms with E-state index in [1.807, 2.05) is 43.6 Å². The van der Waals surface area contributed by atoms with E-state index in [1.165, 1.54) is 0 Å². The maximum Gasteiger partial charge on any atom is 0.137 e. The topological polar surface area (TPSA) is 48.9 Å². The summed E-state index contributed by atoms with van der Waals surface area (Å²) in [6.45, 7) is 1.98. The SMILES string of the molecule is CC[C@@H](O)c1ccc(-c2ccnc3[nH]ccc23)cc1. The summed E-state index contributed by atoms with van der Waals surface area (Å²) < 4.78 is 0. The summed E-state index contributed by atoms with van der Waals surface area (Å²) in [7, 11) is 0. The molecule has 1 atom stereocenters. The fraction of sp³-hybridized carbons (Fsp3) is 0.188. The Labute approximate surface area is 111 Å². The van der Waals surface area contributed by atoms with Crippen LogP contribution in [0.4, 0.5) is 0 Å². The van der Waals surface area contributed by atoms with Crippen molar-refractivity contribution >= 4 is 11.0 Å². The van der Waals surface area contributed by atoms with Crippen LogP contribution in [0.25, 0.3) is 22.2 Å². The van der Waals surface area contributed by atoms with Crippen LogP contribution in [-0.2, 0) is 0 Å². The number of nitrogens with one attached hydrogen (secondary N) is 1. The molecule has 0 fully saturated rings. The minimum atomic E-state index is -0.376. The van der Waals surface area contributed by atoms with Gasteiger partial charge in [-0.3, -0.25) is 0 Å². The molecule has 0 amide bonds. The van der Waals surface area contributed by atoms with E-state index < -0.39 is 0 Å². The molecule has 2 heterocycles. The van der Waals surface area contributed by atoms with Crippen molar-refractivity contribution in [3.8, 4) is 11.1 Å². The van der Waals surface area contributed by atoms with E-state index in [2.05, 4.69) is 22.1 Å². The average molecular weight is 252 g/mol. The van der Waals surface area contributed by atoms with Crippen molar-refractivity contribution < 1.29 is 5.11 Å². The minimum absolute atomic E-state index is 0.376. The molecule has 96 valence electrons. The lowest BCUT2D eigenvalue weighted by atomic mass is 10.00. The first-order chi connectivity index (χ1) is 9.29. The number of rotatable bonds is 3. The van der Waals surface area contributed by atoms with Gasteiger partial charge in [-0.2, -0.15) is 0 Å². The van der Waals surface area contributed by atoms with Crippen LogP contribution in [0.1, 0.15) is 25.0 Å². The highest BCUT2D eigenvalue weighted by atomic mass is 16.3. The minimum Gasteiger partial charge on any atom is -0.388 e. The van der Waals surface area contributed by atoms with E-state index in [4.69, 9.17) is 0 Å². The number of aliphatic hydroxyl groups excluding tert-OH is 1. The Hall–Kier alpha value is -2.13. The Bertz CT molecular complexity index is 685. The van der Waals surface area contributed by atoms with Crippen molar-refractivity contribution in [2.24, 2.45) is 0 Å². The maximum atomic E-state index is 9.81. The van der Waals surface area contributed by atoms with Crippen LogP contribution in [0.5, 0.6) is 0 Å². The molecule has 2 aromatic heterocycles. The van der Waals surface area contributed by atoms with Crippen LogP contribution < -0.4 is 0 Å². The second kappa shape index (κ2) is 4.86. The quantitative estimate of drug-likeness (QED) is 0.747. The van der Waals surface area contributed by atoms with Crippen LogP contribution in [0, 0.1) is 0 Å². The van der Waals surface area contributed by atoms with E-state index in [0.29, 0.717) is 0 Å². The predicted molar refractivity (Wildman–Crippen MR) is 76.8 cm³/mol. The third-order valence-electron chi connectivity index (χ3n) is 3.45. The van der Waals surface area contributed by atoms with Gasteiger partial charge < -0.3 is 10.1 Å². The molecule has 0 bridgehead atoms.